The molecule has 0 atom stereocenters. The van der Waals surface area contributed by atoms with Gasteiger partial charge in [0.25, 0.3) is 0 Å². The average Bonchev–Trinajstić information content (AvgIpc) is 2.99. The molecule has 1 aromatic heterocycles. The van der Waals surface area contributed by atoms with Crippen LogP contribution in [-0.4, -0.2) is 10.9 Å². The third kappa shape index (κ3) is 3.38. The lowest BCUT2D eigenvalue weighted by Crippen LogP contribution is -2.15. The Morgan fingerprint density at radius 2 is 1.82 bits per heavy atom. The number of carbonyl (C=O) groups is 1. The number of rotatable bonds is 4. The molecule has 0 aliphatic carbocycles. The number of para-hydroxylation sites is 1. The van der Waals surface area contributed by atoms with Gasteiger partial charge in [-0.25, -0.2) is 9.37 Å². The van der Waals surface area contributed by atoms with E-state index in [-0.39, 0.29) is 18.0 Å². The quantitative estimate of drug-likeness (QED) is 0.787. The van der Waals surface area contributed by atoms with Gasteiger partial charge in [0.1, 0.15) is 10.8 Å². The van der Waals surface area contributed by atoms with Gasteiger partial charge in [0, 0.05) is 10.9 Å². The first-order valence-electron chi connectivity index (χ1n) is 6.76. The highest BCUT2D eigenvalue weighted by Crippen LogP contribution is 2.23. The van der Waals surface area contributed by atoms with Crippen molar-refractivity contribution in [1.82, 2.24) is 4.98 Å². The van der Waals surface area contributed by atoms with Crippen LogP contribution in [0, 0.1) is 5.82 Å². The number of aromatic nitrogens is 1. The second-order valence-corrected chi connectivity index (χ2v) is 5.57. The molecule has 3 rings (SSSR count). The number of benzene rings is 2. The van der Waals surface area contributed by atoms with Gasteiger partial charge in [-0.15, -0.1) is 11.3 Å². The Hall–Kier alpha value is -2.53. The van der Waals surface area contributed by atoms with Crippen LogP contribution in [0.3, 0.4) is 0 Å². The van der Waals surface area contributed by atoms with Crippen molar-refractivity contribution >= 4 is 22.9 Å². The van der Waals surface area contributed by atoms with Crippen LogP contribution in [0.25, 0.3) is 10.6 Å². The predicted octanol–water partition coefficient (Wildman–Crippen LogP) is 4.13. The van der Waals surface area contributed by atoms with Crippen molar-refractivity contribution in [3.05, 3.63) is 71.5 Å². The van der Waals surface area contributed by atoms with E-state index in [2.05, 4.69) is 10.3 Å². The molecule has 22 heavy (non-hydrogen) atoms. The normalized spacial score (nSPS) is 10.4. The minimum Gasteiger partial charge on any atom is -0.323 e. The number of nitrogens with one attached hydrogen (secondary N) is 1. The average molecular weight is 312 g/mol. The number of thiazole rings is 1. The number of halogens is 1. The fourth-order valence-electron chi connectivity index (χ4n) is 2.02. The van der Waals surface area contributed by atoms with E-state index >= 15 is 0 Å². The molecule has 1 amide bonds. The summed E-state index contributed by atoms with van der Waals surface area (Å²) in [6.07, 6.45) is 0.123. The van der Waals surface area contributed by atoms with Crippen LogP contribution in [-0.2, 0) is 11.2 Å². The van der Waals surface area contributed by atoms with Gasteiger partial charge in [-0.3, -0.25) is 4.79 Å². The second-order valence-electron chi connectivity index (χ2n) is 4.71. The van der Waals surface area contributed by atoms with Gasteiger partial charge in [-0.05, 0) is 12.1 Å². The number of carbonyl (C=O) groups excluding carboxylic acids is 1. The van der Waals surface area contributed by atoms with Gasteiger partial charge in [-0.2, -0.15) is 0 Å². The van der Waals surface area contributed by atoms with Gasteiger partial charge >= 0.3 is 0 Å². The molecular weight excluding hydrogens is 299 g/mol. The highest BCUT2D eigenvalue weighted by Gasteiger charge is 2.10. The summed E-state index contributed by atoms with van der Waals surface area (Å²) in [5.74, 6) is -0.728. The lowest BCUT2D eigenvalue weighted by atomic mass is 10.2. The summed E-state index contributed by atoms with van der Waals surface area (Å²) in [5.41, 5.74) is 1.89. The summed E-state index contributed by atoms with van der Waals surface area (Å²) in [6, 6.07) is 15.9. The second kappa shape index (κ2) is 6.49. The van der Waals surface area contributed by atoms with E-state index in [4.69, 9.17) is 0 Å². The van der Waals surface area contributed by atoms with E-state index in [1.807, 2.05) is 35.7 Å². The molecule has 1 N–H and O–H groups in total. The van der Waals surface area contributed by atoms with E-state index in [0.717, 1.165) is 10.6 Å². The molecule has 110 valence electrons. The smallest absolute Gasteiger partial charge is 0.230 e. The predicted molar refractivity (Wildman–Crippen MR) is 86.3 cm³/mol. The number of amides is 1. The first-order chi connectivity index (χ1) is 10.7. The zero-order chi connectivity index (χ0) is 15.4. The fraction of sp³-hybridized carbons (Fsp3) is 0.0588. The van der Waals surface area contributed by atoms with E-state index < -0.39 is 5.82 Å². The molecule has 3 nitrogen and oxygen atoms in total. The SMILES string of the molecule is O=C(Cc1csc(-c2ccccc2)n1)Nc1ccccc1F. The molecule has 0 aliphatic heterocycles. The summed E-state index contributed by atoms with van der Waals surface area (Å²) in [6.45, 7) is 0. The fourth-order valence-corrected chi connectivity index (χ4v) is 2.85. The lowest BCUT2D eigenvalue weighted by molar-refractivity contribution is -0.115. The molecule has 5 heteroatoms. The molecule has 0 unspecified atom stereocenters. The highest BCUT2D eigenvalue weighted by molar-refractivity contribution is 7.13. The van der Waals surface area contributed by atoms with Crippen molar-refractivity contribution in [2.75, 3.05) is 5.32 Å². The first-order valence-corrected chi connectivity index (χ1v) is 7.64. The van der Waals surface area contributed by atoms with Crippen molar-refractivity contribution in [3.8, 4) is 10.6 Å². The van der Waals surface area contributed by atoms with Crippen molar-refractivity contribution in [2.45, 2.75) is 6.42 Å². The summed E-state index contributed by atoms with van der Waals surface area (Å²) in [4.78, 5) is 16.4. The Morgan fingerprint density at radius 3 is 2.59 bits per heavy atom. The third-order valence-electron chi connectivity index (χ3n) is 3.06. The maximum absolute atomic E-state index is 13.5. The molecule has 0 bridgehead atoms. The molecule has 2 aromatic carbocycles. The van der Waals surface area contributed by atoms with E-state index in [0.29, 0.717) is 5.69 Å². The molecule has 0 fully saturated rings. The van der Waals surface area contributed by atoms with Gasteiger partial charge in [0.2, 0.25) is 5.91 Å². The van der Waals surface area contributed by atoms with Crippen LogP contribution in [0.1, 0.15) is 5.69 Å². The molecule has 0 radical (unpaired) electrons. The number of nitrogens with zero attached hydrogens (tertiary/aromatic N) is 1. The molecular formula is C17H13FN2OS. The molecule has 0 aliphatic rings. The van der Waals surface area contributed by atoms with Crippen LogP contribution in [0.5, 0.6) is 0 Å². The zero-order valence-corrected chi connectivity index (χ0v) is 12.4. The zero-order valence-electron chi connectivity index (χ0n) is 11.6. The van der Waals surface area contributed by atoms with Crippen molar-refractivity contribution in [3.63, 3.8) is 0 Å². The molecule has 1 heterocycles. The highest BCUT2D eigenvalue weighted by atomic mass is 32.1. The van der Waals surface area contributed by atoms with Crippen LogP contribution in [0.2, 0.25) is 0 Å². The largest absolute Gasteiger partial charge is 0.323 e. The Labute approximate surface area is 131 Å². The summed E-state index contributed by atoms with van der Waals surface area (Å²) < 4.78 is 13.5. The van der Waals surface area contributed by atoms with Crippen LogP contribution in [0.15, 0.2) is 60.0 Å². The number of hydrogen-bond acceptors (Lipinski definition) is 3. The Bertz CT molecular complexity index is 786. The van der Waals surface area contributed by atoms with Gasteiger partial charge in [0.15, 0.2) is 0 Å². The maximum Gasteiger partial charge on any atom is 0.230 e. The number of anilines is 1. The van der Waals surface area contributed by atoms with E-state index in [9.17, 15) is 9.18 Å². The van der Waals surface area contributed by atoms with Crippen LogP contribution >= 0.6 is 11.3 Å². The molecule has 3 aromatic rings. The third-order valence-corrected chi connectivity index (χ3v) is 4.00. The molecule has 0 saturated heterocycles. The van der Waals surface area contributed by atoms with Gasteiger partial charge in [-0.1, -0.05) is 42.5 Å². The summed E-state index contributed by atoms with van der Waals surface area (Å²) in [7, 11) is 0. The summed E-state index contributed by atoms with van der Waals surface area (Å²) in [5, 5.41) is 5.28. The van der Waals surface area contributed by atoms with Crippen molar-refractivity contribution < 1.29 is 9.18 Å². The Balaban J connectivity index is 1.68. The van der Waals surface area contributed by atoms with Crippen LogP contribution in [0.4, 0.5) is 10.1 Å². The maximum atomic E-state index is 13.5. The lowest BCUT2D eigenvalue weighted by Gasteiger charge is -2.04. The van der Waals surface area contributed by atoms with Gasteiger partial charge < -0.3 is 5.32 Å². The standard InChI is InChI=1S/C17H13FN2OS/c18-14-8-4-5-9-15(14)20-16(21)10-13-11-22-17(19-13)12-6-2-1-3-7-12/h1-9,11H,10H2,(H,20,21). The molecule has 0 saturated carbocycles. The first kappa shape index (κ1) is 14.4. The number of hydrogen-bond donors (Lipinski definition) is 1. The van der Waals surface area contributed by atoms with E-state index in [1.54, 1.807) is 12.1 Å². The molecule has 0 spiro atoms. The van der Waals surface area contributed by atoms with Crippen molar-refractivity contribution in [2.24, 2.45) is 0 Å². The summed E-state index contributed by atoms with van der Waals surface area (Å²) >= 11 is 1.49. The Morgan fingerprint density at radius 1 is 1.09 bits per heavy atom. The van der Waals surface area contributed by atoms with Crippen molar-refractivity contribution in [1.29, 1.82) is 0 Å². The monoisotopic (exact) mass is 312 g/mol. The van der Waals surface area contributed by atoms with Gasteiger partial charge in [0.05, 0.1) is 17.8 Å². The topological polar surface area (TPSA) is 42.0 Å². The van der Waals surface area contributed by atoms with E-state index in [1.165, 1.54) is 23.5 Å². The minimum atomic E-state index is -0.445. The van der Waals surface area contributed by atoms with Crippen LogP contribution < -0.4 is 5.32 Å². The minimum absolute atomic E-state index is 0.123. The Kier molecular flexibility index (Phi) is 4.25.